The number of rotatable bonds is 6. The number of carbonyl (C=O) groups excluding carboxylic acids is 1. The number of nitrogens with one attached hydrogen (secondary N) is 2. The summed E-state index contributed by atoms with van der Waals surface area (Å²) in [4.78, 5) is 16.3. The van der Waals surface area contributed by atoms with Crippen molar-refractivity contribution in [3.63, 3.8) is 0 Å². The maximum absolute atomic E-state index is 11.8. The van der Waals surface area contributed by atoms with Crippen molar-refractivity contribution in [3.8, 4) is 17.0 Å². The van der Waals surface area contributed by atoms with E-state index in [-0.39, 0.29) is 18.3 Å². The zero-order chi connectivity index (χ0) is 15.4. The number of hydrogen-bond donors (Lipinski definition) is 2. The van der Waals surface area contributed by atoms with Crippen molar-refractivity contribution < 1.29 is 9.53 Å². The second-order valence-corrected chi connectivity index (χ2v) is 6.07. The number of anilines is 1. The monoisotopic (exact) mass is 353 g/mol. The molecule has 2 aromatic rings. The minimum atomic E-state index is 0. The van der Waals surface area contributed by atoms with Crippen molar-refractivity contribution >= 4 is 34.8 Å². The van der Waals surface area contributed by atoms with Crippen LogP contribution in [0.1, 0.15) is 18.4 Å². The van der Waals surface area contributed by atoms with Crippen LogP contribution in [-0.4, -0.2) is 31.1 Å². The van der Waals surface area contributed by atoms with Gasteiger partial charge in [0, 0.05) is 23.8 Å². The normalized spacial score (nSPS) is 12.2. The maximum atomic E-state index is 11.8. The fourth-order valence-corrected chi connectivity index (χ4v) is 3.15. The van der Waals surface area contributed by atoms with Crippen molar-refractivity contribution in [3.05, 3.63) is 29.1 Å². The lowest BCUT2D eigenvalue weighted by atomic mass is 10.1. The first-order valence-electron chi connectivity index (χ1n) is 7.42. The molecule has 23 heavy (non-hydrogen) atoms. The number of amides is 1. The predicted molar refractivity (Wildman–Crippen MR) is 95.8 cm³/mol. The first kappa shape index (κ1) is 17.7. The fourth-order valence-electron chi connectivity index (χ4n) is 2.42. The Morgan fingerprint density at radius 2 is 2.30 bits per heavy atom. The summed E-state index contributed by atoms with van der Waals surface area (Å²) in [5, 5.41) is 8.52. The number of aromatic nitrogens is 1. The molecule has 0 saturated carbocycles. The Labute approximate surface area is 145 Å². The predicted octanol–water partition coefficient (Wildman–Crippen LogP) is 3.10. The number of ether oxygens (including phenoxy) is 1. The van der Waals surface area contributed by atoms with Crippen LogP contribution in [0.15, 0.2) is 23.6 Å². The summed E-state index contributed by atoms with van der Waals surface area (Å²) < 4.78 is 5.51. The maximum Gasteiger partial charge on any atom is 0.226 e. The van der Waals surface area contributed by atoms with Crippen molar-refractivity contribution in [2.24, 2.45) is 0 Å². The van der Waals surface area contributed by atoms with Gasteiger partial charge in [0.25, 0.3) is 0 Å². The molecule has 2 N–H and O–H groups in total. The summed E-state index contributed by atoms with van der Waals surface area (Å²) in [7, 11) is 1.88. The average Bonchev–Trinajstić information content (AvgIpc) is 3.15. The highest BCUT2D eigenvalue weighted by atomic mass is 35.5. The van der Waals surface area contributed by atoms with Crippen LogP contribution in [0.4, 0.5) is 5.13 Å². The molecule has 1 aromatic heterocycles. The zero-order valence-corrected chi connectivity index (χ0v) is 14.6. The van der Waals surface area contributed by atoms with E-state index in [9.17, 15) is 4.79 Å². The summed E-state index contributed by atoms with van der Waals surface area (Å²) in [6.45, 7) is 1.59. The summed E-state index contributed by atoms with van der Waals surface area (Å²) in [6, 6.07) is 6.13. The molecule has 0 atom stereocenters. The number of fused-ring (bicyclic) bond motifs is 1. The molecule has 0 aliphatic carbocycles. The van der Waals surface area contributed by atoms with E-state index in [1.165, 1.54) is 16.9 Å². The van der Waals surface area contributed by atoms with Crippen LogP contribution in [0.2, 0.25) is 0 Å². The van der Waals surface area contributed by atoms with Crippen LogP contribution in [0.5, 0.6) is 5.75 Å². The third kappa shape index (κ3) is 4.43. The van der Waals surface area contributed by atoms with Crippen LogP contribution in [0, 0.1) is 0 Å². The molecule has 2 heterocycles. The highest BCUT2D eigenvalue weighted by Gasteiger charge is 2.14. The Balaban J connectivity index is 0.00000192. The van der Waals surface area contributed by atoms with Gasteiger partial charge in [-0.2, -0.15) is 0 Å². The fraction of sp³-hybridized carbons (Fsp3) is 0.375. The van der Waals surface area contributed by atoms with Gasteiger partial charge in [-0.15, -0.1) is 23.7 Å². The number of thiazole rings is 1. The van der Waals surface area contributed by atoms with Crippen LogP contribution in [0.3, 0.4) is 0 Å². The zero-order valence-electron chi connectivity index (χ0n) is 12.9. The van der Waals surface area contributed by atoms with E-state index in [4.69, 9.17) is 4.74 Å². The molecule has 5 nitrogen and oxygen atoms in total. The minimum absolute atomic E-state index is 0. The van der Waals surface area contributed by atoms with E-state index in [0.717, 1.165) is 43.0 Å². The second-order valence-electron chi connectivity index (χ2n) is 5.21. The number of hydrogen-bond acceptors (Lipinski definition) is 5. The van der Waals surface area contributed by atoms with Gasteiger partial charge in [-0.3, -0.25) is 4.79 Å². The van der Waals surface area contributed by atoms with Gasteiger partial charge in [-0.05, 0) is 43.8 Å². The van der Waals surface area contributed by atoms with E-state index >= 15 is 0 Å². The number of nitrogens with zero attached hydrogens (tertiary/aromatic N) is 1. The number of benzene rings is 1. The van der Waals surface area contributed by atoms with Crippen LogP contribution < -0.4 is 15.4 Å². The molecule has 3 rings (SSSR count). The smallest absolute Gasteiger partial charge is 0.226 e. The lowest BCUT2D eigenvalue weighted by molar-refractivity contribution is -0.116. The molecule has 1 amide bonds. The molecule has 0 bridgehead atoms. The van der Waals surface area contributed by atoms with Gasteiger partial charge in [0.2, 0.25) is 5.91 Å². The number of carbonyl (C=O) groups is 1. The molecule has 0 saturated heterocycles. The first-order valence-corrected chi connectivity index (χ1v) is 8.30. The molecule has 124 valence electrons. The van der Waals surface area contributed by atoms with Gasteiger partial charge in [-0.1, -0.05) is 0 Å². The SMILES string of the molecule is CNCCCC(=O)Nc1nc(-c2ccc3c(c2)CCO3)cs1.Cl. The van der Waals surface area contributed by atoms with Gasteiger partial charge >= 0.3 is 0 Å². The number of halogens is 1. The molecule has 1 aliphatic heterocycles. The third-order valence-corrected chi connectivity index (χ3v) is 4.32. The topological polar surface area (TPSA) is 63.2 Å². The molecular weight excluding hydrogens is 334 g/mol. The average molecular weight is 354 g/mol. The van der Waals surface area contributed by atoms with Gasteiger partial charge in [0.15, 0.2) is 5.13 Å². The summed E-state index contributed by atoms with van der Waals surface area (Å²) in [5.74, 6) is 0.982. The van der Waals surface area contributed by atoms with E-state index in [1.54, 1.807) is 0 Å². The largest absolute Gasteiger partial charge is 0.493 e. The van der Waals surface area contributed by atoms with Crippen molar-refractivity contribution in [2.75, 3.05) is 25.5 Å². The van der Waals surface area contributed by atoms with Crippen molar-refractivity contribution in [2.45, 2.75) is 19.3 Å². The standard InChI is InChI=1S/C16H19N3O2S.ClH/c1-17-7-2-3-15(20)19-16-18-13(10-22-16)11-4-5-14-12(9-11)6-8-21-14;/h4-5,9-10,17H,2-3,6-8H2,1H3,(H,18,19,20);1H. The van der Waals surface area contributed by atoms with Gasteiger partial charge in [0.05, 0.1) is 12.3 Å². The van der Waals surface area contributed by atoms with Gasteiger partial charge in [0.1, 0.15) is 5.75 Å². The van der Waals surface area contributed by atoms with Crippen LogP contribution in [0.25, 0.3) is 11.3 Å². The molecule has 1 aliphatic rings. The quantitative estimate of drug-likeness (QED) is 0.783. The highest BCUT2D eigenvalue weighted by Crippen LogP contribution is 2.31. The van der Waals surface area contributed by atoms with E-state index < -0.39 is 0 Å². The van der Waals surface area contributed by atoms with E-state index in [0.29, 0.717) is 11.6 Å². The highest BCUT2D eigenvalue weighted by molar-refractivity contribution is 7.14. The molecule has 0 spiro atoms. The Kier molecular flexibility index (Phi) is 6.38. The molecule has 1 aromatic carbocycles. The lowest BCUT2D eigenvalue weighted by Crippen LogP contribution is -2.15. The van der Waals surface area contributed by atoms with Crippen molar-refractivity contribution in [1.29, 1.82) is 0 Å². The molecule has 0 radical (unpaired) electrons. The molecular formula is C16H20ClN3O2S. The lowest BCUT2D eigenvalue weighted by Gasteiger charge is -2.02. The Morgan fingerprint density at radius 1 is 1.43 bits per heavy atom. The summed E-state index contributed by atoms with van der Waals surface area (Å²) in [5.41, 5.74) is 3.18. The molecule has 7 heteroatoms. The minimum Gasteiger partial charge on any atom is -0.493 e. The second kappa shape index (κ2) is 8.29. The van der Waals surface area contributed by atoms with Crippen molar-refractivity contribution in [1.82, 2.24) is 10.3 Å². The Hall–Kier alpha value is -1.63. The van der Waals surface area contributed by atoms with Gasteiger partial charge in [-0.25, -0.2) is 4.98 Å². The molecule has 0 fully saturated rings. The Morgan fingerprint density at radius 3 is 3.13 bits per heavy atom. The van der Waals surface area contributed by atoms with Crippen LogP contribution in [-0.2, 0) is 11.2 Å². The Bertz CT molecular complexity index is 675. The molecule has 0 unspecified atom stereocenters. The summed E-state index contributed by atoms with van der Waals surface area (Å²) in [6.07, 6.45) is 2.28. The third-order valence-electron chi connectivity index (χ3n) is 3.57. The van der Waals surface area contributed by atoms with Crippen LogP contribution >= 0.6 is 23.7 Å². The summed E-state index contributed by atoms with van der Waals surface area (Å²) >= 11 is 1.46. The van der Waals surface area contributed by atoms with E-state index in [2.05, 4.69) is 21.7 Å². The van der Waals surface area contributed by atoms with E-state index in [1.807, 2.05) is 24.6 Å². The first-order chi connectivity index (χ1) is 10.8. The van der Waals surface area contributed by atoms with Gasteiger partial charge < -0.3 is 15.4 Å².